The smallest absolute Gasteiger partial charge is 0.308 e. The van der Waals surface area contributed by atoms with Crippen molar-refractivity contribution in [3.63, 3.8) is 0 Å². The van der Waals surface area contributed by atoms with Gasteiger partial charge in [0, 0.05) is 18.4 Å². The first kappa shape index (κ1) is 24.7. The van der Waals surface area contributed by atoms with Gasteiger partial charge in [-0.25, -0.2) is 0 Å². The maximum absolute atomic E-state index is 13.8. The fraction of sp³-hybridized carbons (Fsp3) is 0.393. The Bertz CT molecular complexity index is 1230. The molecule has 2 aromatic carbocycles. The van der Waals surface area contributed by atoms with E-state index in [2.05, 4.69) is 10.6 Å². The molecule has 3 aliphatic heterocycles. The Balaban J connectivity index is 1.36. The van der Waals surface area contributed by atoms with Gasteiger partial charge in [-0.2, -0.15) is 0 Å². The Morgan fingerprint density at radius 1 is 1.00 bits per heavy atom. The molecule has 3 aliphatic rings. The second-order valence-electron chi connectivity index (χ2n) is 9.73. The molecule has 0 radical (unpaired) electrons. The van der Waals surface area contributed by atoms with E-state index in [-0.39, 0.29) is 24.1 Å². The molecule has 0 aromatic heterocycles. The molecule has 192 valence electrons. The summed E-state index contributed by atoms with van der Waals surface area (Å²) in [7, 11) is 0. The van der Waals surface area contributed by atoms with Crippen LogP contribution >= 0.6 is 0 Å². The number of esters is 1. The standard InChI is InChI=1S/C28H29N3O6/c32-14-5-4-11-23-21(16-24(33)37-23)30-27(35)22-15-19-10-6-9-17-12-13-20(28(36)31(22)25(17)19)29-26(34)18-7-2-1-3-8-18/h1-3,6-10,14,20-23H,4-5,11-13,15-16H2,(H,29,34)(H,30,35)/t20-,21-,22-,23?/m0/s1. The van der Waals surface area contributed by atoms with Crippen LogP contribution in [0.15, 0.2) is 48.5 Å². The Morgan fingerprint density at radius 3 is 2.57 bits per heavy atom. The molecule has 1 saturated heterocycles. The van der Waals surface area contributed by atoms with Crippen molar-refractivity contribution in [2.24, 2.45) is 0 Å². The minimum atomic E-state index is -0.802. The first-order valence-electron chi connectivity index (χ1n) is 12.7. The van der Waals surface area contributed by atoms with E-state index in [0.29, 0.717) is 44.1 Å². The lowest BCUT2D eigenvalue weighted by atomic mass is 10.0. The number of rotatable bonds is 8. The Labute approximate surface area is 214 Å². The second-order valence-corrected chi connectivity index (χ2v) is 9.73. The van der Waals surface area contributed by atoms with Gasteiger partial charge in [0.15, 0.2) is 0 Å². The van der Waals surface area contributed by atoms with Crippen molar-refractivity contribution < 1.29 is 28.7 Å². The molecule has 0 bridgehead atoms. The number of carbonyl (C=O) groups excluding carboxylic acids is 5. The minimum Gasteiger partial charge on any atom is -0.460 e. The number of hydrogen-bond donors (Lipinski definition) is 2. The van der Waals surface area contributed by atoms with Crippen LogP contribution in [0.2, 0.25) is 0 Å². The van der Waals surface area contributed by atoms with Crippen molar-refractivity contribution in [1.82, 2.24) is 10.6 Å². The Hall–Kier alpha value is -4.01. The number of cyclic esters (lactones) is 1. The van der Waals surface area contributed by atoms with Gasteiger partial charge in [0.2, 0.25) is 11.8 Å². The van der Waals surface area contributed by atoms with Gasteiger partial charge in [-0.1, -0.05) is 36.4 Å². The number of anilines is 1. The number of nitrogens with one attached hydrogen (secondary N) is 2. The molecule has 37 heavy (non-hydrogen) atoms. The molecule has 2 aromatic rings. The van der Waals surface area contributed by atoms with Gasteiger partial charge in [0.05, 0.1) is 18.2 Å². The van der Waals surface area contributed by atoms with Crippen LogP contribution in [0.4, 0.5) is 5.69 Å². The van der Waals surface area contributed by atoms with Crippen LogP contribution in [-0.2, 0) is 36.8 Å². The highest BCUT2D eigenvalue weighted by Crippen LogP contribution is 2.39. The number of unbranched alkanes of at least 4 members (excludes halogenated alkanes) is 1. The van der Waals surface area contributed by atoms with Gasteiger partial charge in [-0.05, 0) is 48.9 Å². The molecule has 9 heteroatoms. The molecule has 1 unspecified atom stereocenters. The van der Waals surface area contributed by atoms with Crippen LogP contribution in [0.25, 0.3) is 0 Å². The highest BCUT2D eigenvalue weighted by atomic mass is 16.6. The number of aryl methyl sites for hydroxylation is 1. The highest BCUT2D eigenvalue weighted by Gasteiger charge is 2.45. The number of amides is 3. The van der Waals surface area contributed by atoms with Crippen LogP contribution in [0, 0.1) is 0 Å². The van der Waals surface area contributed by atoms with Crippen LogP contribution in [0.3, 0.4) is 0 Å². The lowest BCUT2D eigenvalue weighted by Gasteiger charge is -2.29. The zero-order chi connectivity index (χ0) is 25.9. The van der Waals surface area contributed by atoms with Crippen molar-refractivity contribution in [3.05, 3.63) is 65.2 Å². The second kappa shape index (κ2) is 10.5. The molecule has 1 fully saturated rings. The molecule has 5 rings (SSSR count). The van der Waals surface area contributed by atoms with Crippen LogP contribution in [-0.4, -0.2) is 54.2 Å². The molecular weight excluding hydrogens is 474 g/mol. The third-order valence-electron chi connectivity index (χ3n) is 7.31. The third-order valence-corrected chi connectivity index (χ3v) is 7.31. The summed E-state index contributed by atoms with van der Waals surface area (Å²) in [6.45, 7) is 0. The number of benzene rings is 2. The van der Waals surface area contributed by atoms with Gasteiger partial charge >= 0.3 is 5.97 Å². The summed E-state index contributed by atoms with van der Waals surface area (Å²) in [4.78, 5) is 64.4. The number of nitrogens with zero attached hydrogens (tertiary/aromatic N) is 1. The van der Waals surface area contributed by atoms with E-state index < -0.39 is 30.2 Å². The van der Waals surface area contributed by atoms with E-state index in [1.54, 1.807) is 24.3 Å². The van der Waals surface area contributed by atoms with Crippen LogP contribution in [0.1, 0.15) is 53.6 Å². The predicted molar refractivity (Wildman–Crippen MR) is 134 cm³/mol. The van der Waals surface area contributed by atoms with Crippen LogP contribution < -0.4 is 15.5 Å². The number of carbonyl (C=O) groups is 5. The van der Waals surface area contributed by atoms with Crippen molar-refractivity contribution >= 4 is 35.7 Å². The number of ether oxygens (including phenoxy) is 1. The summed E-state index contributed by atoms with van der Waals surface area (Å²) in [5.74, 6) is -1.43. The maximum atomic E-state index is 13.8. The molecule has 0 spiro atoms. The number of hydrogen-bond acceptors (Lipinski definition) is 6. The Morgan fingerprint density at radius 2 is 1.78 bits per heavy atom. The quantitative estimate of drug-likeness (QED) is 0.322. The average molecular weight is 504 g/mol. The van der Waals surface area contributed by atoms with E-state index in [9.17, 15) is 24.0 Å². The first-order chi connectivity index (χ1) is 18.0. The SMILES string of the molecule is O=CCCCC1OC(=O)C[C@@H]1NC(=O)[C@@H]1Cc2cccc3c2N1C(=O)[C@@H](NC(=O)c1ccccc1)CC3. The van der Waals surface area contributed by atoms with Crippen LogP contribution in [0.5, 0.6) is 0 Å². The summed E-state index contributed by atoms with van der Waals surface area (Å²) >= 11 is 0. The summed E-state index contributed by atoms with van der Waals surface area (Å²) in [5.41, 5.74) is 3.07. The van der Waals surface area contributed by atoms with Crippen molar-refractivity contribution in [1.29, 1.82) is 0 Å². The fourth-order valence-corrected chi connectivity index (χ4v) is 5.50. The minimum absolute atomic E-state index is 0.0477. The van der Waals surface area contributed by atoms with E-state index in [1.165, 1.54) is 4.90 Å². The molecule has 2 N–H and O–H groups in total. The van der Waals surface area contributed by atoms with Gasteiger partial charge in [-0.15, -0.1) is 0 Å². The summed E-state index contributed by atoms with van der Waals surface area (Å²) in [6, 6.07) is 12.4. The monoisotopic (exact) mass is 503 g/mol. The summed E-state index contributed by atoms with van der Waals surface area (Å²) in [5, 5.41) is 5.81. The zero-order valence-electron chi connectivity index (χ0n) is 20.4. The van der Waals surface area contributed by atoms with E-state index in [0.717, 1.165) is 23.1 Å². The number of aldehydes is 1. The first-order valence-corrected chi connectivity index (χ1v) is 12.7. The van der Waals surface area contributed by atoms with E-state index in [4.69, 9.17) is 4.74 Å². The highest BCUT2D eigenvalue weighted by molar-refractivity contribution is 6.08. The molecule has 9 nitrogen and oxygen atoms in total. The normalized spacial score (nSPS) is 24.2. The fourth-order valence-electron chi connectivity index (χ4n) is 5.50. The Kier molecular flexibility index (Phi) is 7.03. The summed E-state index contributed by atoms with van der Waals surface area (Å²) < 4.78 is 5.38. The molecule has 0 aliphatic carbocycles. The lowest BCUT2D eigenvalue weighted by molar-refractivity contribution is -0.141. The number of para-hydroxylation sites is 1. The van der Waals surface area contributed by atoms with Crippen molar-refractivity contribution in [3.8, 4) is 0 Å². The van der Waals surface area contributed by atoms with Gasteiger partial charge < -0.3 is 20.2 Å². The van der Waals surface area contributed by atoms with E-state index in [1.807, 2.05) is 24.3 Å². The topological polar surface area (TPSA) is 122 Å². The largest absolute Gasteiger partial charge is 0.460 e. The average Bonchev–Trinajstić information content (AvgIpc) is 3.42. The third kappa shape index (κ3) is 4.98. The maximum Gasteiger partial charge on any atom is 0.308 e. The van der Waals surface area contributed by atoms with Gasteiger partial charge in [0.25, 0.3) is 5.91 Å². The molecular formula is C28H29N3O6. The lowest BCUT2D eigenvalue weighted by Crippen LogP contribution is -2.56. The molecule has 3 amide bonds. The van der Waals surface area contributed by atoms with Gasteiger partial charge in [-0.3, -0.25) is 24.1 Å². The van der Waals surface area contributed by atoms with Crippen molar-refractivity contribution in [2.45, 2.75) is 69.2 Å². The van der Waals surface area contributed by atoms with Crippen molar-refractivity contribution in [2.75, 3.05) is 4.90 Å². The molecule has 4 atom stereocenters. The summed E-state index contributed by atoms with van der Waals surface area (Å²) in [6.07, 6.45) is 3.09. The molecule has 0 saturated carbocycles. The predicted octanol–water partition coefficient (Wildman–Crippen LogP) is 1.86. The van der Waals surface area contributed by atoms with Gasteiger partial charge in [0.1, 0.15) is 24.5 Å². The zero-order valence-corrected chi connectivity index (χ0v) is 20.4. The molecule has 3 heterocycles. The van der Waals surface area contributed by atoms with E-state index >= 15 is 0 Å².